The Kier molecular flexibility index (Phi) is 3.43. The lowest BCUT2D eigenvalue weighted by atomic mass is 10.1. The zero-order chi connectivity index (χ0) is 13.3. The largest absolute Gasteiger partial charge is 0.465 e. The van der Waals surface area contributed by atoms with E-state index < -0.39 is 12.3 Å². The van der Waals surface area contributed by atoms with Gasteiger partial charge in [-0.15, -0.1) is 0 Å². The molecule has 2 atom stereocenters. The first kappa shape index (κ1) is 13.1. The Balaban J connectivity index is 2.07. The summed E-state index contributed by atoms with van der Waals surface area (Å²) in [7, 11) is 0. The van der Waals surface area contributed by atoms with E-state index in [4.69, 9.17) is 10.5 Å². The molecule has 1 aromatic rings. The van der Waals surface area contributed by atoms with E-state index in [0.717, 1.165) is 19.8 Å². The molecule has 0 aliphatic heterocycles. The van der Waals surface area contributed by atoms with Crippen LogP contribution in [0.5, 0.6) is 5.88 Å². The maximum Gasteiger partial charge on any atom is 0.425 e. The van der Waals surface area contributed by atoms with Crippen molar-refractivity contribution in [3.05, 3.63) is 18.1 Å². The van der Waals surface area contributed by atoms with Crippen molar-refractivity contribution in [2.75, 3.05) is 0 Å². The Bertz CT molecular complexity index is 420. The number of alkyl halides is 3. The van der Waals surface area contributed by atoms with Gasteiger partial charge in [-0.3, -0.25) is 0 Å². The maximum atomic E-state index is 12.3. The Morgan fingerprint density at radius 3 is 2.61 bits per heavy atom. The van der Waals surface area contributed by atoms with Gasteiger partial charge in [0.05, 0.1) is 11.7 Å². The van der Waals surface area contributed by atoms with Crippen LogP contribution in [0.25, 0.3) is 0 Å². The third-order valence-electron chi connectivity index (χ3n) is 2.89. The van der Waals surface area contributed by atoms with E-state index in [1.165, 1.54) is 12.4 Å². The van der Waals surface area contributed by atoms with Gasteiger partial charge < -0.3 is 10.5 Å². The second-order valence-corrected chi connectivity index (χ2v) is 4.45. The van der Waals surface area contributed by atoms with Gasteiger partial charge in [-0.25, -0.2) is 9.97 Å². The average Bonchev–Trinajstić information content (AvgIpc) is 3.11. The van der Waals surface area contributed by atoms with Gasteiger partial charge in [0, 0.05) is 6.07 Å². The summed E-state index contributed by atoms with van der Waals surface area (Å²) in [6.45, 7) is 0.933. The van der Waals surface area contributed by atoms with Crippen LogP contribution in [0.1, 0.15) is 31.5 Å². The number of hydrogen-bond acceptors (Lipinski definition) is 4. The van der Waals surface area contributed by atoms with Crippen molar-refractivity contribution < 1.29 is 17.9 Å². The van der Waals surface area contributed by atoms with Crippen LogP contribution in [-0.4, -0.2) is 22.2 Å². The summed E-state index contributed by atoms with van der Waals surface area (Å²) in [5, 5.41) is 0. The first-order chi connectivity index (χ1) is 8.38. The van der Waals surface area contributed by atoms with Crippen LogP contribution in [0, 0.1) is 5.92 Å². The summed E-state index contributed by atoms with van der Waals surface area (Å²) in [6.07, 6.45) is -3.09. The van der Waals surface area contributed by atoms with Gasteiger partial charge in [-0.2, -0.15) is 13.2 Å². The molecule has 7 heteroatoms. The highest BCUT2D eigenvalue weighted by Crippen LogP contribution is 2.39. The molecule has 1 aliphatic rings. The van der Waals surface area contributed by atoms with Gasteiger partial charge in [0.1, 0.15) is 6.33 Å². The lowest BCUT2D eigenvalue weighted by molar-refractivity contribution is -0.190. The van der Waals surface area contributed by atoms with E-state index in [-0.39, 0.29) is 11.9 Å². The molecule has 4 nitrogen and oxygen atoms in total. The lowest BCUT2D eigenvalue weighted by Gasteiger charge is -2.17. The van der Waals surface area contributed by atoms with Gasteiger partial charge in [0.15, 0.2) is 6.10 Å². The van der Waals surface area contributed by atoms with Crippen molar-refractivity contribution in [2.45, 2.75) is 38.1 Å². The van der Waals surface area contributed by atoms with E-state index in [1.807, 2.05) is 0 Å². The maximum absolute atomic E-state index is 12.3. The smallest absolute Gasteiger partial charge is 0.425 e. The minimum Gasteiger partial charge on any atom is -0.465 e. The molecule has 2 rings (SSSR count). The number of hydrogen-bond donors (Lipinski definition) is 1. The molecule has 1 aliphatic carbocycles. The van der Waals surface area contributed by atoms with Crippen LogP contribution in [0.2, 0.25) is 0 Å². The predicted molar refractivity (Wildman–Crippen MR) is 57.8 cm³/mol. The summed E-state index contributed by atoms with van der Waals surface area (Å²) in [6, 6.07) is 1.13. The molecule has 0 saturated heterocycles. The summed E-state index contributed by atoms with van der Waals surface area (Å²) in [5.74, 6) is 0.272. The molecule has 1 fully saturated rings. The van der Waals surface area contributed by atoms with Gasteiger partial charge >= 0.3 is 6.18 Å². The van der Waals surface area contributed by atoms with E-state index >= 15 is 0 Å². The van der Waals surface area contributed by atoms with Crippen molar-refractivity contribution in [1.82, 2.24) is 9.97 Å². The van der Waals surface area contributed by atoms with Crippen molar-refractivity contribution >= 4 is 0 Å². The Morgan fingerprint density at radius 1 is 1.39 bits per heavy atom. The monoisotopic (exact) mass is 261 g/mol. The zero-order valence-electron chi connectivity index (χ0n) is 9.81. The van der Waals surface area contributed by atoms with E-state index in [2.05, 4.69) is 9.97 Å². The number of halogens is 3. The average molecular weight is 261 g/mol. The second-order valence-electron chi connectivity index (χ2n) is 4.45. The molecule has 2 N–H and O–H groups in total. The van der Waals surface area contributed by atoms with Crippen molar-refractivity contribution in [2.24, 2.45) is 11.7 Å². The summed E-state index contributed by atoms with van der Waals surface area (Å²) >= 11 is 0. The fourth-order valence-corrected chi connectivity index (χ4v) is 1.54. The van der Waals surface area contributed by atoms with Crippen LogP contribution in [0.4, 0.5) is 13.2 Å². The zero-order valence-corrected chi connectivity index (χ0v) is 9.81. The molecule has 0 aromatic carbocycles. The fourth-order valence-electron chi connectivity index (χ4n) is 1.54. The van der Waals surface area contributed by atoms with Gasteiger partial charge in [-0.05, 0) is 25.7 Å². The van der Waals surface area contributed by atoms with Crippen LogP contribution in [0.3, 0.4) is 0 Å². The van der Waals surface area contributed by atoms with Crippen LogP contribution in [0.15, 0.2) is 12.4 Å². The van der Waals surface area contributed by atoms with Crippen LogP contribution in [-0.2, 0) is 0 Å². The highest BCUT2D eigenvalue weighted by Gasteiger charge is 2.38. The van der Waals surface area contributed by atoms with Crippen molar-refractivity contribution in [3.63, 3.8) is 0 Å². The number of aromatic nitrogens is 2. The Hall–Kier alpha value is -1.37. The SMILES string of the molecule is C[C@@H](Oc1cc(C(N)C2CC2)ncn1)C(F)(F)F. The molecular formula is C11H14F3N3O. The summed E-state index contributed by atoms with van der Waals surface area (Å²) in [4.78, 5) is 7.64. The molecule has 18 heavy (non-hydrogen) atoms. The van der Waals surface area contributed by atoms with Gasteiger partial charge in [0.25, 0.3) is 0 Å². The highest BCUT2D eigenvalue weighted by atomic mass is 19.4. The predicted octanol–water partition coefficient (Wildman–Crippen LogP) is 2.22. The molecule has 0 radical (unpaired) electrons. The van der Waals surface area contributed by atoms with E-state index in [0.29, 0.717) is 11.6 Å². The number of nitrogens with zero attached hydrogens (tertiary/aromatic N) is 2. The molecule has 100 valence electrons. The van der Waals surface area contributed by atoms with Crippen molar-refractivity contribution in [3.8, 4) is 5.88 Å². The fraction of sp³-hybridized carbons (Fsp3) is 0.636. The van der Waals surface area contributed by atoms with Crippen molar-refractivity contribution in [1.29, 1.82) is 0 Å². The minimum absolute atomic E-state index is 0.0964. The standard InChI is InChI=1S/C11H14F3N3O/c1-6(11(12,13)14)18-9-4-8(16-5-17-9)10(15)7-2-3-7/h4-7,10H,2-3,15H2,1H3/t6-,10?/m1/s1. The van der Waals surface area contributed by atoms with Crippen LogP contribution >= 0.6 is 0 Å². The summed E-state index contributed by atoms with van der Waals surface area (Å²) in [5.41, 5.74) is 6.44. The van der Waals surface area contributed by atoms with E-state index in [1.54, 1.807) is 0 Å². The first-order valence-corrected chi connectivity index (χ1v) is 5.69. The Morgan fingerprint density at radius 2 is 2.06 bits per heavy atom. The quantitative estimate of drug-likeness (QED) is 0.902. The highest BCUT2D eigenvalue weighted by molar-refractivity contribution is 5.18. The molecule has 0 bridgehead atoms. The van der Waals surface area contributed by atoms with E-state index in [9.17, 15) is 13.2 Å². The van der Waals surface area contributed by atoms with Gasteiger partial charge in [-0.1, -0.05) is 0 Å². The third kappa shape index (κ3) is 3.10. The second kappa shape index (κ2) is 4.72. The normalized spacial score (nSPS) is 19.4. The topological polar surface area (TPSA) is 61.0 Å². The molecular weight excluding hydrogens is 247 g/mol. The molecule has 1 heterocycles. The molecule has 1 unspecified atom stereocenters. The Labute approximate surface area is 102 Å². The molecule has 1 aromatic heterocycles. The minimum atomic E-state index is -4.41. The molecule has 1 saturated carbocycles. The molecule has 0 spiro atoms. The number of nitrogens with two attached hydrogens (primary N) is 1. The van der Waals surface area contributed by atoms with Crippen LogP contribution < -0.4 is 10.5 Å². The number of rotatable bonds is 4. The first-order valence-electron chi connectivity index (χ1n) is 5.69. The molecule has 0 amide bonds. The summed E-state index contributed by atoms with van der Waals surface area (Å²) < 4.78 is 41.8. The lowest BCUT2D eigenvalue weighted by Crippen LogP contribution is -2.31. The third-order valence-corrected chi connectivity index (χ3v) is 2.89. The van der Waals surface area contributed by atoms with Gasteiger partial charge in [0.2, 0.25) is 5.88 Å². The number of ether oxygens (including phenoxy) is 1.